The summed E-state index contributed by atoms with van der Waals surface area (Å²) in [5.41, 5.74) is 2.54. The number of hydrogen-bond donors (Lipinski definition) is 1. The van der Waals surface area contributed by atoms with Crippen molar-refractivity contribution in [3.8, 4) is 0 Å². The van der Waals surface area contributed by atoms with Gasteiger partial charge in [0.25, 0.3) is 0 Å². The number of imide groups is 1. The monoisotopic (exact) mass is 715 g/mol. The van der Waals surface area contributed by atoms with Gasteiger partial charge in [-0.2, -0.15) is 12.1 Å². The van der Waals surface area contributed by atoms with Crippen LogP contribution >= 0.6 is 22.9 Å². The molecule has 2 saturated heterocycles. The first kappa shape index (κ1) is 18.1. The molecular formula is C17H18ILrN4O3-. The summed E-state index contributed by atoms with van der Waals surface area (Å²) in [5, 5.41) is 2.33. The number of benzene rings is 1. The largest absolute Gasteiger partial charge is 0.391 e. The van der Waals surface area contributed by atoms with Crippen molar-refractivity contribution in [1.82, 2.24) is 13.3 Å². The molecule has 1 aromatic rings. The maximum Gasteiger partial charge on any atom is 0.249 e. The summed E-state index contributed by atoms with van der Waals surface area (Å²) in [7, 11) is 0. The fourth-order valence-electron chi connectivity index (χ4n) is 3.60. The van der Waals surface area contributed by atoms with Gasteiger partial charge in [-0.05, 0) is 6.42 Å². The standard InChI is InChI=1S/C17H18IN4O3.Lr/c18-21-7-5-20(6-8-21)12-1-2-13-11(9-12)10-22(17(13)25)14-3-4-15(23)19-16(14)24;/h2,9,14H,3-8,10H2,(H,19,23,24);/q-1;. The van der Waals surface area contributed by atoms with Gasteiger partial charge < -0.3 is 9.80 Å². The van der Waals surface area contributed by atoms with E-state index < -0.39 is 6.04 Å². The van der Waals surface area contributed by atoms with Crippen molar-refractivity contribution >= 4 is 46.3 Å². The van der Waals surface area contributed by atoms with Gasteiger partial charge in [-0.3, -0.25) is 19.7 Å². The Hall–Kier alpha value is -2.68. The van der Waals surface area contributed by atoms with E-state index in [1.54, 1.807) is 11.0 Å². The van der Waals surface area contributed by atoms with Crippen LogP contribution in [-0.2, 0) is 16.1 Å². The van der Waals surface area contributed by atoms with Crippen molar-refractivity contribution in [2.75, 3.05) is 31.1 Å². The van der Waals surface area contributed by atoms with Crippen LogP contribution in [0.1, 0.15) is 28.8 Å². The van der Waals surface area contributed by atoms with Crippen LogP contribution in [0.3, 0.4) is 0 Å². The van der Waals surface area contributed by atoms with Crippen molar-refractivity contribution in [3.05, 3.63) is 29.3 Å². The molecule has 0 spiro atoms. The van der Waals surface area contributed by atoms with E-state index >= 15 is 0 Å². The SMILES string of the molecule is O=C1CCC(N2Cc3cc(N4CCN(I)CC4)[c-]cc3C2=O)C(=O)N1.[Lr]. The van der Waals surface area contributed by atoms with Gasteiger partial charge in [-0.25, -0.2) is 3.11 Å². The molecule has 2 fully saturated rings. The van der Waals surface area contributed by atoms with E-state index in [0.717, 1.165) is 37.4 Å². The van der Waals surface area contributed by atoms with Gasteiger partial charge in [0, 0.05) is 62.0 Å². The van der Waals surface area contributed by atoms with E-state index in [1.165, 1.54) is 0 Å². The van der Waals surface area contributed by atoms with Crippen LogP contribution in [-0.4, -0.2) is 58.0 Å². The Labute approximate surface area is 159 Å². The van der Waals surface area contributed by atoms with Crippen LogP contribution < -0.4 is 10.2 Å². The predicted molar refractivity (Wildman–Crippen MR) is 99.1 cm³/mol. The van der Waals surface area contributed by atoms with Gasteiger partial charge in [-0.1, -0.05) is 11.3 Å². The van der Waals surface area contributed by atoms with Crippen LogP contribution in [0, 0.1) is 6.07 Å². The fraction of sp³-hybridized carbons (Fsp3) is 0.471. The molecule has 1 aromatic carbocycles. The molecule has 3 aliphatic rings. The van der Waals surface area contributed by atoms with Crippen LogP contribution in [0.4, 0.5) is 5.69 Å². The molecule has 7 nitrogen and oxygen atoms in total. The van der Waals surface area contributed by atoms with Gasteiger partial charge in [-0.15, -0.1) is 11.6 Å². The summed E-state index contributed by atoms with van der Waals surface area (Å²) < 4.78 is 2.26. The number of carbonyl (C=O) groups excluding carboxylic acids is 3. The molecule has 9 heteroatoms. The molecule has 3 amide bonds. The minimum absolute atomic E-state index is 0. The van der Waals surface area contributed by atoms with Crippen LogP contribution in [0.2, 0.25) is 0 Å². The number of rotatable bonds is 2. The third-order valence-electron chi connectivity index (χ3n) is 5.01. The molecular weight excluding hydrogens is 697 g/mol. The first-order valence-corrected chi connectivity index (χ1v) is 9.34. The van der Waals surface area contributed by atoms with Crippen molar-refractivity contribution in [2.45, 2.75) is 25.4 Å². The number of nitrogens with one attached hydrogen (secondary N) is 1. The van der Waals surface area contributed by atoms with Crippen molar-refractivity contribution < 1.29 is 14.4 Å². The zero-order valence-electron chi connectivity index (χ0n) is 13.9. The molecule has 0 aromatic heterocycles. The van der Waals surface area contributed by atoms with E-state index in [2.05, 4.69) is 42.3 Å². The van der Waals surface area contributed by atoms with Gasteiger partial charge in [0.15, 0.2) is 5.91 Å². The number of piperidine rings is 1. The summed E-state index contributed by atoms with van der Waals surface area (Å²) >= 11 is 2.33. The molecule has 3 aliphatic heterocycles. The third kappa shape index (κ3) is 3.10. The second kappa shape index (κ2) is 6.91. The molecule has 0 saturated carbocycles. The Balaban J connectivity index is 0.00000196. The van der Waals surface area contributed by atoms with Crippen LogP contribution in [0.5, 0.6) is 0 Å². The number of halogens is 1. The summed E-state index contributed by atoms with van der Waals surface area (Å²) in [4.78, 5) is 39.9. The molecule has 0 aliphatic carbocycles. The molecule has 3 heterocycles. The molecule has 1 N–H and O–H groups in total. The zero-order chi connectivity index (χ0) is 17.6. The maximum absolute atomic E-state index is 12.7. The molecule has 1 atom stereocenters. The van der Waals surface area contributed by atoms with Crippen molar-refractivity contribution in [2.24, 2.45) is 0 Å². The minimum Gasteiger partial charge on any atom is -0.391 e. The minimum atomic E-state index is -0.566. The van der Waals surface area contributed by atoms with Gasteiger partial charge in [0.2, 0.25) is 11.8 Å². The Morgan fingerprint density at radius 3 is 2.58 bits per heavy atom. The zero-order valence-corrected chi connectivity index (χ0v) is 18.2. The molecule has 1 radical (unpaired) electrons. The van der Waals surface area contributed by atoms with E-state index in [1.807, 2.05) is 6.07 Å². The summed E-state index contributed by atoms with van der Waals surface area (Å²) in [6.07, 6.45) is 0.660. The average molecular weight is 715 g/mol. The summed E-state index contributed by atoms with van der Waals surface area (Å²) in [5.74, 6) is -0.792. The van der Waals surface area contributed by atoms with Crippen LogP contribution in [0.25, 0.3) is 0 Å². The quantitative estimate of drug-likeness (QED) is 0.212. The number of amides is 3. The first-order chi connectivity index (χ1) is 12.0. The normalized spacial score (nSPS) is 23.6. The van der Waals surface area contributed by atoms with E-state index in [0.29, 0.717) is 18.5 Å². The number of hydrogen-bond acceptors (Lipinski definition) is 5. The van der Waals surface area contributed by atoms with Gasteiger partial charge >= 0.3 is 0 Å². The second-order valence-corrected chi connectivity index (χ2v) is 7.92. The number of piperazine rings is 1. The average Bonchev–Trinajstić information content (AvgIpc) is 2.92. The maximum atomic E-state index is 12.7. The fourth-order valence-corrected chi connectivity index (χ4v) is 4.03. The summed E-state index contributed by atoms with van der Waals surface area (Å²) in [6, 6.07) is 6.42. The van der Waals surface area contributed by atoms with Crippen molar-refractivity contribution in [3.63, 3.8) is 0 Å². The second-order valence-electron chi connectivity index (χ2n) is 6.55. The molecule has 147 valence electrons. The number of carbonyl (C=O) groups is 3. The third-order valence-corrected chi connectivity index (χ3v) is 5.97. The Kier molecular flexibility index (Phi) is 4.82. The Morgan fingerprint density at radius 1 is 1.15 bits per heavy atom. The molecule has 26 heavy (non-hydrogen) atoms. The van der Waals surface area contributed by atoms with Crippen LogP contribution in [0.15, 0.2) is 12.1 Å². The first-order valence-electron chi connectivity index (χ1n) is 8.38. The smallest absolute Gasteiger partial charge is 0.249 e. The van der Waals surface area contributed by atoms with Gasteiger partial charge in [0.1, 0.15) is 6.04 Å². The Morgan fingerprint density at radius 2 is 1.88 bits per heavy atom. The number of anilines is 1. The van der Waals surface area contributed by atoms with E-state index in [-0.39, 0.29) is 24.1 Å². The number of fused-ring (bicyclic) bond motifs is 1. The number of nitrogens with zero attached hydrogens (tertiary/aromatic N) is 3. The predicted octanol–water partition coefficient (Wildman–Crippen LogP) is 0.720. The van der Waals surface area contributed by atoms with E-state index in [9.17, 15) is 14.4 Å². The Bertz CT molecular complexity index is 752. The van der Waals surface area contributed by atoms with E-state index in [4.69, 9.17) is 0 Å². The summed E-state index contributed by atoms with van der Waals surface area (Å²) in [6.45, 7) is 4.26. The molecule has 4 rings (SSSR count). The van der Waals surface area contributed by atoms with Gasteiger partial charge in [0.05, 0.1) is 0 Å². The topological polar surface area (TPSA) is 73.0 Å². The van der Waals surface area contributed by atoms with Crippen molar-refractivity contribution in [1.29, 1.82) is 0 Å². The molecule has 0 bridgehead atoms. The molecule has 1 unspecified atom stereocenters.